The lowest BCUT2D eigenvalue weighted by molar-refractivity contribution is 0.614. The summed E-state index contributed by atoms with van der Waals surface area (Å²) in [7, 11) is 0. The van der Waals surface area contributed by atoms with Crippen LogP contribution in [-0.2, 0) is 6.42 Å². The Labute approximate surface area is 124 Å². The van der Waals surface area contributed by atoms with Crippen LogP contribution in [0.15, 0.2) is 0 Å². The van der Waals surface area contributed by atoms with Gasteiger partial charge in [0.15, 0.2) is 0 Å². The van der Waals surface area contributed by atoms with Crippen molar-refractivity contribution in [2.45, 2.75) is 53.4 Å². The first kappa shape index (κ1) is 15.7. The summed E-state index contributed by atoms with van der Waals surface area (Å²) in [6.45, 7) is 11.8. The monoisotopic (exact) mass is 361 g/mol. The molecule has 102 valence electrons. The minimum absolute atomic E-state index is 0.422. The summed E-state index contributed by atoms with van der Waals surface area (Å²) in [4.78, 5) is 9.44. The number of nitrogens with one attached hydrogen (secondary N) is 1. The van der Waals surface area contributed by atoms with Gasteiger partial charge in [0.2, 0.25) is 0 Å². The molecule has 0 spiro atoms. The van der Waals surface area contributed by atoms with Crippen LogP contribution in [-0.4, -0.2) is 16.5 Å². The first-order valence-electron chi connectivity index (χ1n) is 6.79. The first-order valence-corrected chi connectivity index (χ1v) is 7.87. The molecule has 1 aromatic rings. The maximum Gasteiger partial charge on any atom is 0.143 e. The molecule has 1 rings (SSSR count). The quantitative estimate of drug-likeness (QED) is 0.771. The lowest BCUT2D eigenvalue weighted by Crippen LogP contribution is -2.12. The molecule has 0 aliphatic heterocycles. The van der Waals surface area contributed by atoms with Crippen LogP contribution in [0.5, 0.6) is 0 Å². The molecule has 18 heavy (non-hydrogen) atoms. The Hall–Kier alpha value is -0.390. The van der Waals surface area contributed by atoms with Gasteiger partial charge in [-0.2, -0.15) is 0 Å². The highest BCUT2D eigenvalue weighted by Crippen LogP contribution is 2.25. The summed E-state index contributed by atoms with van der Waals surface area (Å²) in [5.74, 6) is 3.02. The highest BCUT2D eigenvalue weighted by Gasteiger charge is 2.15. The molecule has 4 heteroatoms. The molecule has 0 amide bonds. The van der Waals surface area contributed by atoms with Crippen molar-refractivity contribution >= 4 is 28.4 Å². The molecule has 0 radical (unpaired) electrons. The summed E-state index contributed by atoms with van der Waals surface area (Å²) in [6, 6.07) is 0. The van der Waals surface area contributed by atoms with Crippen molar-refractivity contribution in [3.05, 3.63) is 15.1 Å². The molecule has 1 N–H and O–H groups in total. The number of anilines is 1. The molecule has 1 unspecified atom stereocenters. The van der Waals surface area contributed by atoms with E-state index in [0.29, 0.717) is 11.8 Å². The zero-order valence-electron chi connectivity index (χ0n) is 12.0. The van der Waals surface area contributed by atoms with Gasteiger partial charge in [0, 0.05) is 12.5 Å². The number of aromatic nitrogens is 2. The molecule has 0 saturated heterocycles. The molecule has 3 nitrogen and oxygen atoms in total. The van der Waals surface area contributed by atoms with Crippen LogP contribution in [0, 0.1) is 9.49 Å². The summed E-state index contributed by atoms with van der Waals surface area (Å²) >= 11 is 2.36. The summed E-state index contributed by atoms with van der Waals surface area (Å²) in [6.07, 6.45) is 2.09. The maximum atomic E-state index is 4.77. The number of hydrogen-bond donors (Lipinski definition) is 1. The Morgan fingerprint density at radius 1 is 1.17 bits per heavy atom. The van der Waals surface area contributed by atoms with Crippen LogP contribution in [0.2, 0.25) is 0 Å². The molecule has 0 fully saturated rings. The maximum absolute atomic E-state index is 4.77. The fourth-order valence-corrected chi connectivity index (χ4v) is 2.37. The molecule has 0 aliphatic rings. The van der Waals surface area contributed by atoms with Crippen molar-refractivity contribution in [3.63, 3.8) is 0 Å². The van der Waals surface area contributed by atoms with Crippen LogP contribution in [0.3, 0.4) is 0 Å². The molecule has 0 bridgehead atoms. The van der Waals surface area contributed by atoms with Gasteiger partial charge in [-0.3, -0.25) is 0 Å². The normalized spacial score (nSPS) is 12.8. The van der Waals surface area contributed by atoms with Crippen LogP contribution >= 0.6 is 22.6 Å². The van der Waals surface area contributed by atoms with Gasteiger partial charge in [-0.15, -0.1) is 0 Å². The highest BCUT2D eigenvalue weighted by atomic mass is 127. The average molecular weight is 361 g/mol. The minimum atomic E-state index is 0.422. The van der Waals surface area contributed by atoms with Crippen molar-refractivity contribution in [1.82, 2.24) is 9.97 Å². The summed E-state index contributed by atoms with van der Waals surface area (Å²) in [5.41, 5.74) is 1.19. The van der Waals surface area contributed by atoms with Gasteiger partial charge in [0.25, 0.3) is 0 Å². The fraction of sp³-hybridized carbons (Fsp3) is 0.714. The van der Waals surface area contributed by atoms with E-state index in [4.69, 9.17) is 4.98 Å². The molecule has 0 saturated carbocycles. The van der Waals surface area contributed by atoms with E-state index in [1.54, 1.807) is 0 Å². The molecule has 0 aliphatic carbocycles. The van der Waals surface area contributed by atoms with Gasteiger partial charge < -0.3 is 5.32 Å². The lowest BCUT2D eigenvalue weighted by Gasteiger charge is -2.16. The van der Waals surface area contributed by atoms with Crippen molar-refractivity contribution in [2.75, 3.05) is 11.9 Å². The van der Waals surface area contributed by atoms with Gasteiger partial charge in [-0.25, -0.2) is 9.97 Å². The first-order chi connectivity index (χ1) is 8.49. The Morgan fingerprint density at radius 2 is 1.83 bits per heavy atom. The van der Waals surface area contributed by atoms with Gasteiger partial charge in [-0.1, -0.05) is 27.7 Å². The summed E-state index contributed by atoms with van der Waals surface area (Å²) in [5, 5.41) is 3.35. The minimum Gasteiger partial charge on any atom is -0.369 e. The van der Waals surface area contributed by atoms with Gasteiger partial charge >= 0.3 is 0 Å². The van der Waals surface area contributed by atoms with Crippen molar-refractivity contribution in [1.29, 1.82) is 0 Å². The number of nitrogens with zero attached hydrogens (tertiary/aromatic N) is 2. The largest absolute Gasteiger partial charge is 0.369 e. The van der Waals surface area contributed by atoms with Crippen LogP contribution in [0.1, 0.15) is 58.5 Å². The Balaban J connectivity index is 3.18. The lowest BCUT2D eigenvalue weighted by atomic mass is 10.1. The third-order valence-electron chi connectivity index (χ3n) is 2.94. The third-order valence-corrected chi connectivity index (χ3v) is 4.07. The van der Waals surface area contributed by atoms with E-state index in [-0.39, 0.29) is 0 Å². The van der Waals surface area contributed by atoms with Gasteiger partial charge in [0.1, 0.15) is 11.6 Å². The van der Waals surface area contributed by atoms with Gasteiger partial charge in [0.05, 0.1) is 9.26 Å². The number of rotatable bonds is 6. The van der Waals surface area contributed by atoms with E-state index in [0.717, 1.165) is 31.0 Å². The van der Waals surface area contributed by atoms with E-state index >= 15 is 0 Å². The Kier molecular flexibility index (Phi) is 6.32. The smallest absolute Gasteiger partial charge is 0.143 e. The van der Waals surface area contributed by atoms with E-state index in [1.165, 1.54) is 9.26 Å². The SMILES string of the molecule is CCNc1nc(C(C)CC)nc(CC(C)C)c1I. The summed E-state index contributed by atoms with van der Waals surface area (Å²) < 4.78 is 1.18. The molecule has 1 aromatic heterocycles. The molecular formula is C14H24IN3. The second-order valence-electron chi connectivity index (χ2n) is 5.13. The van der Waals surface area contributed by atoms with E-state index in [1.807, 2.05) is 0 Å². The molecule has 1 heterocycles. The van der Waals surface area contributed by atoms with E-state index < -0.39 is 0 Å². The van der Waals surface area contributed by atoms with Gasteiger partial charge in [-0.05, 0) is 48.3 Å². The van der Waals surface area contributed by atoms with Crippen LogP contribution < -0.4 is 5.32 Å². The average Bonchev–Trinajstić information content (AvgIpc) is 2.32. The molecule has 0 aromatic carbocycles. The zero-order chi connectivity index (χ0) is 13.7. The molecule has 1 atom stereocenters. The Morgan fingerprint density at radius 3 is 2.33 bits per heavy atom. The number of hydrogen-bond acceptors (Lipinski definition) is 3. The van der Waals surface area contributed by atoms with Crippen LogP contribution in [0.4, 0.5) is 5.82 Å². The van der Waals surface area contributed by atoms with E-state index in [9.17, 15) is 0 Å². The second kappa shape index (κ2) is 7.26. The second-order valence-corrected chi connectivity index (χ2v) is 6.21. The third kappa shape index (κ3) is 4.07. The topological polar surface area (TPSA) is 37.8 Å². The van der Waals surface area contributed by atoms with Crippen LogP contribution in [0.25, 0.3) is 0 Å². The highest BCUT2D eigenvalue weighted by molar-refractivity contribution is 14.1. The van der Waals surface area contributed by atoms with E-state index in [2.05, 4.69) is 67.5 Å². The Bertz CT molecular complexity index is 391. The predicted molar refractivity (Wildman–Crippen MR) is 86.2 cm³/mol. The van der Waals surface area contributed by atoms with Crippen molar-refractivity contribution in [2.24, 2.45) is 5.92 Å². The zero-order valence-corrected chi connectivity index (χ0v) is 14.2. The number of halogens is 1. The standard InChI is InChI=1S/C14H24IN3/c1-6-10(5)13-17-11(8-9(3)4)12(15)14(18-13)16-7-2/h9-10H,6-8H2,1-5H3,(H,16,17,18). The fourth-order valence-electron chi connectivity index (χ4n) is 1.72. The predicted octanol–water partition coefficient (Wildman–Crippen LogP) is 4.23. The molecular weight excluding hydrogens is 337 g/mol. The van der Waals surface area contributed by atoms with Crippen molar-refractivity contribution in [3.8, 4) is 0 Å². The van der Waals surface area contributed by atoms with Crippen molar-refractivity contribution < 1.29 is 0 Å².